The summed E-state index contributed by atoms with van der Waals surface area (Å²) in [5.74, 6) is -0.627. The van der Waals surface area contributed by atoms with E-state index < -0.39 is 17.8 Å². The van der Waals surface area contributed by atoms with Gasteiger partial charge in [0.25, 0.3) is 5.91 Å². The van der Waals surface area contributed by atoms with E-state index in [1.807, 2.05) is 66.9 Å². The number of amides is 1. The number of hydrogen-bond acceptors (Lipinski definition) is 5. The third-order valence-electron chi connectivity index (χ3n) is 6.02. The minimum Gasteiger partial charge on any atom is -0.346 e. The maximum atomic E-state index is 13.9. The SMILES string of the molecule is O=C(NCc1cn(-c2ccccc2)nc1-c1ccccc1)c1cc2nc(-c3cccs3)cc(C(F)(F)F)n2n1. The second-order valence-electron chi connectivity index (χ2n) is 8.63. The van der Waals surface area contributed by atoms with E-state index in [0.29, 0.717) is 15.1 Å². The number of fused-ring (bicyclic) bond motifs is 1. The number of nitrogens with one attached hydrogen (secondary N) is 1. The monoisotopic (exact) mass is 544 g/mol. The number of nitrogens with zero attached hydrogens (tertiary/aromatic N) is 5. The van der Waals surface area contributed by atoms with E-state index in [2.05, 4.69) is 15.4 Å². The number of benzene rings is 2. The lowest BCUT2D eigenvalue weighted by Crippen LogP contribution is -2.23. The van der Waals surface area contributed by atoms with Crippen LogP contribution in [0.15, 0.2) is 96.5 Å². The minimum absolute atomic E-state index is 0.0692. The highest BCUT2D eigenvalue weighted by atomic mass is 32.1. The largest absolute Gasteiger partial charge is 0.433 e. The van der Waals surface area contributed by atoms with Gasteiger partial charge in [-0.1, -0.05) is 54.6 Å². The van der Waals surface area contributed by atoms with Crippen LogP contribution in [0.25, 0.3) is 33.2 Å². The van der Waals surface area contributed by atoms with Crippen LogP contribution < -0.4 is 5.32 Å². The quantitative estimate of drug-likeness (QED) is 0.269. The molecule has 4 aromatic heterocycles. The summed E-state index contributed by atoms with van der Waals surface area (Å²) in [6, 6.07) is 24.7. The van der Waals surface area contributed by atoms with E-state index in [-0.39, 0.29) is 23.6 Å². The van der Waals surface area contributed by atoms with Gasteiger partial charge in [0, 0.05) is 29.9 Å². The summed E-state index contributed by atoms with van der Waals surface area (Å²) >= 11 is 1.28. The topological polar surface area (TPSA) is 77.1 Å². The molecule has 0 radical (unpaired) electrons. The van der Waals surface area contributed by atoms with Crippen LogP contribution >= 0.6 is 11.3 Å². The van der Waals surface area contributed by atoms with E-state index >= 15 is 0 Å². The Balaban J connectivity index is 1.32. The van der Waals surface area contributed by atoms with Crippen LogP contribution in [0.3, 0.4) is 0 Å². The van der Waals surface area contributed by atoms with Crippen LogP contribution in [-0.2, 0) is 12.7 Å². The van der Waals surface area contributed by atoms with E-state index in [1.165, 1.54) is 17.4 Å². The molecule has 0 aliphatic rings. The molecule has 0 atom stereocenters. The molecule has 1 N–H and O–H groups in total. The number of halogens is 3. The summed E-state index contributed by atoms with van der Waals surface area (Å²) in [5, 5.41) is 13.2. The number of carbonyl (C=O) groups is 1. The summed E-state index contributed by atoms with van der Waals surface area (Å²) in [5.41, 5.74) is 2.04. The average molecular weight is 545 g/mol. The molecule has 6 aromatic rings. The Morgan fingerprint density at radius 1 is 0.923 bits per heavy atom. The molecule has 0 saturated heterocycles. The molecule has 1 amide bonds. The van der Waals surface area contributed by atoms with Gasteiger partial charge >= 0.3 is 6.18 Å². The molecule has 7 nitrogen and oxygen atoms in total. The van der Waals surface area contributed by atoms with Crippen molar-refractivity contribution in [2.75, 3.05) is 0 Å². The van der Waals surface area contributed by atoms with Crippen LogP contribution in [0.5, 0.6) is 0 Å². The zero-order valence-corrected chi connectivity index (χ0v) is 20.9. The molecule has 39 heavy (non-hydrogen) atoms. The summed E-state index contributed by atoms with van der Waals surface area (Å²) in [7, 11) is 0. The van der Waals surface area contributed by atoms with Crippen LogP contribution in [0.2, 0.25) is 0 Å². The lowest BCUT2D eigenvalue weighted by molar-refractivity contribution is -0.142. The predicted octanol–water partition coefficient (Wildman–Crippen LogP) is 6.26. The molecule has 0 aliphatic carbocycles. The molecule has 6 rings (SSSR count). The zero-order chi connectivity index (χ0) is 27.0. The number of aromatic nitrogens is 5. The standard InChI is InChI=1S/C28H19F3N6OS/c29-28(30,31)24-14-21(23-12-7-13-39-23)33-25-15-22(34-37(24)25)27(38)32-16-19-17-36(20-10-5-2-6-11-20)35-26(19)18-8-3-1-4-9-18/h1-15,17H,16H2,(H,32,38). The first-order chi connectivity index (χ1) is 18.9. The average Bonchev–Trinajstić information content (AvgIpc) is 3.71. The van der Waals surface area contributed by atoms with Crippen molar-refractivity contribution in [1.82, 2.24) is 29.7 Å². The van der Waals surface area contributed by atoms with Crippen LogP contribution in [0.1, 0.15) is 21.7 Å². The third kappa shape index (κ3) is 4.91. The molecule has 0 spiro atoms. The smallest absolute Gasteiger partial charge is 0.346 e. The zero-order valence-electron chi connectivity index (χ0n) is 20.1. The molecule has 4 heterocycles. The Morgan fingerprint density at radius 3 is 2.36 bits per heavy atom. The second kappa shape index (κ2) is 9.84. The van der Waals surface area contributed by atoms with Gasteiger partial charge in [0.2, 0.25) is 0 Å². The van der Waals surface area contributed by atoms with Gasteiger partial charge in [-0.15, -0.1) is 11.3 Å². The van der Waals surface area contributed by atoms with Gasteiger partial charge in [-0.25, -0.2) is 14.2 Å². The van der Waals surface area contributed by atoms with Gasteiger partial charge in [0.1, 0.15) is 0 Å². The molecule has 0 unspecified atom stereocenters. The molecule has 0 bridgehead atoms. The van der Waals surface area contributed by atoms with Gasteiger partial charge in [-0.05, 0) is 29.6 Å². The molecule has 11 heteroatoms. The number of hydrogen-bond donors (Lipinski definition) is 1. The number of carbonyl (C=O) groups excluding carboxylic acids is 1. The summed E-state index contributed by atoms with van der Waals surface area (Å²) in [4.78, 5) is 18.0. The number of thiophene rings is 1. The maximum Gasteiger partial charge on any atom is 0.433 e. The van der Waals surface area contributed by atoms with E-state index in [4.69, 9.17) is 5.10 Å². The Hall–Kier alpha value is -4.77. The van der Waals surface area contributed by atoms with Crippen molar-refractivity contribution in [3.05, 3.63) is 113 Å². The van der Waals surface area contributed by atoms with Crippen molar-refractivity contribution in [1.29, 1.82) is 0 Å². The third-order valence-corrected chi connectivity index (χ3v) is 6.91. The number of para-hydroxylation sites is 1. The van der Waals surface area contributed by atoms with E-state index in [0.717, 1.165) is 22.9 Å². The lowest BCUT2D eigenvalue weighted by atomic mass is 10.1. The lowest BCUT2D eigenvalue weighted by Gasteiger charge is -2.10. The molecular formula is C28H19F3N6OS. The fourth-order valence-electron chi connectivity index (χ4n) is 4.20. The fraction of sp³-hybridized carbons (Fsp3) is 0.0714. The normalized spacial score (nSPS) is 11.7. The fourth-order valence-corrected chi connectivity index (χ4v) is 4.88. The first-order valence-electron chi connectivity index (χ1n) is 11.9. The first-order valence-corrected chi connectivity index (χ1v) is 12.7. The van der Waals surface area contributed by atoms with Crippen molar-refractivity contribution >= 4 is 22.9 Å². The van der Waals surface area contributed by atoms with Gasteiger partial charge < -0.3 is 5.32 Å². The predicted molar refractivity (Wildman–Crippen MR) is 141 cm³/mol. The van der Waals surface area contributed by atoms with Crippen molar-refractivity contribution in [2.45, 2.75) is 12.7 Å². The first kappa shape index (κ1) is 24.6. The highest BCUT2D eigenvalue weighted by Gasteiger charge is 2.35. The molecule has 0 aliphatic heterocycles. The summed E-state index contributed by atoms with van der Waals surface area (Å²) in [6.07, 6.45) is -2.87. The highest BCUT2D eigenvalue weighted by Crippen LogP contribution is 2.33. The Kier molecular flexibility index (Phi) is 6.20. The van der Waals surface area contributed by atoms with Crippen LogP contribution in [0.4, 0.5) is 13.2 Å². The van der Waals surface area contributed by atoms with E-state index in [1.54, 1.807) is 22.2 Å². The number of alkyl halides is 3. The van der Waals surface area contributed by atoms with Crippen molar-refractivity contribution in [2.24, 2.45) is 0 Å². The number of rotatable bonds is 6. The van der Waals surface area contributed by atoms with Crippen molar-refractivity contribution in [3.63, 3.8) is 0 Å². The van der Waals surface area contributed by atoms with Gasteiger partial charge in [-0.3, -0.25) is 4.79 Å². The Morgan fingerprint density at radius 2 is 1.67 bits per heavy atom. The molecule has 2 aromatic carbocycles. The van der Waals surface area contributed by atoms with Crippen LogP contribution in [0, 0.1) is 0 Å². The van der Waals surface area contributed by atoms with Gasteiger partial charge in [-0.2, -0.15) is 23.4 Å². The molecule has 0 fully saturated rings. The van der Waals surface area contributed by atoms with Gasteiger partial charge in [0.05, 0.1) is 22.0 Å². The molecule has 0 saturated carbocycles. The van der Waals surface area contributed by atoms with E-state index in [9.17, 15) is 18.0 Å². The van der Waals surface area contributed by atoms with Gasteiger partial charge in [0.15, 0.2) is 17.0 Å². The molecule has 194 valence electrons. The maximum absolute atomic E-state index is 13.9. The van der Waals surface area contributed by atoms with Crippen LogP contribution in [-0.4, -0.2) is 30.3 Å². The second-order valence-corrected chi connectivity index (χ2v) is 9.58. The highest BCUT2D eigenvalue weighted by molar-refractivity contribution is 7.13. The van der Waals surface area contributed by atoms with Crippen molar-refractivity contribution in [3.8, 4) is 27.5 Å². The molecular weight excluding hydrogens is 525 g/mol. The summed E-state index contributed by atoms with van der Waals surface area (Å²) in [6.45, 7) is 0.0871. The summed E-state index contributed by atoms with van der Waals surface area (Å²) < 4.78 is 44.0. The Bertz CT molecular complexity index is 1760. The van der Waals surface area contributed by atoms with Crippen molar-refractivity contribution < 1.29 is 18.0 Å². The minimum atomic E-state index is -4.69. The Labute approximate surface area is 224 Å².